The van der Waals surface area contributed by atoms with Gasteiger partial charge in [0.15, 0.2) is 0 Å². The van der Waals surface area contributed by atoms with Gasteiger partial charge < -0.3 is 10.4 Å². The second-order valence-corrected chi connectivity index (χ2v) is 6.44. The largest absolute Gasteiger partial charge is 0.393 e. The Morgan fingerprint density at radius 3 is 2.24 bits per heavy atom. The third kappa shape index (κ3) is 2.85. The van der Waals surface area contributed by atoms with Crippen molar-refractivity contribution in [2.45, 2.75) is 84.4 Å². The fraction of sp³-hybridized carbons (Fsp3) is 1.00. The van der Waals surface area contributed by atoms with Crippen molar-refractivity contribution in [3.8, 4) is 0 Å². The smallest absolute Gasteiger partial charge is 0.0569 e. The molecule has 1 aliphatic heterocycles. The van der Waals surface area contributed by atoms with Crippen molar-refractivity contribution in [1.82, 2.24) is 5.32 Å². The van der Waals surface area contributed by atoms with E-state index in [0.717, 1.165) is 25.7 Å². The average molecular weight is 241 g/mol. The van der Waals surface area contributed by atoms with Crippen molar-refractivity contribution in [3.63, 3.8) is 0 Å². The van der Waals surface area contributed by atoms with Gasteiger partial charge in [-0.3, -0.25) is 0 Å². The van der Waals surface area contributed by atoms with Crippen LogP contribution in [0, 0.1) is 11.8 Å². The normalized spacial score (nSPS) is 44.6. The van der Waals surface area contributed by atoms with Gasteiger partial charge in [0.2, 0.25) is 0 Å². The Kier molecular flexibility index (Phi) is 4.65. The van der Waals surface area contributed by atoms with Gasteiger partial charge in [0.1, 0.15) is 0 Å². The maximum Gasteiger partial charge on any atom is 0.0569 e. The molecule has 2 heteroatoms. The van der Waals surface area contributed by atoms with Crippen LogP contribution < -0.4 is 5.32 Å². The van der Waals surface area contributed by atoms with E-state index in [-0.39, 0.29) is 17.2 Å². The number of aliphatic hydroxyl groups is 1. The first kappa shape index (κ1) is 15.0. The Balaban J connectivity index is 2.98. The summed E-state index contributed by atoms with van der Waals surface area (Å²) in [5.41, 5.74) is 0.335. The van der Waals surface area contributed by atoms with Gasteiger partial charge in [0.05, 0.1) is 6.10 Å². The molecule has 0 spiro atoms. The molecule has 0 bridgehead atoms. The summed E-state index contributed by atoms with van der Waals surface area (Å²) in [4.78, 5) is 0. The highest BCUT2D eigenvalue weighted by molar-refractivity contribution is 5.05. The Morgan fingerprint density at radius 2 is 1.82 bits per heavy atom. The number of nitrogens with one attached hydrogen (secondary N) is 1. The van der Waals surface area contributed by atoms with E-state index >= 15 is 0 Å². The third-order valence-corrected chi connectivity index (χ3v) is 5.35. The lowest BCUT2D eigenvalue weighted by Gasteiger charge is -2.54. The van der Waals surface area contributed by atoms with Crippen LogP contribution in [-0.2, 0) is 0 Å². The fourth-order valence-corrected chi connectivity index (χ4v) is 3.44. The van der Waals surface area contributed by atoms with E-state index in [1.807, 2.05) is 0 Å². The molecule has 2 nitrogen and oxygen atoms in total. The monoisotopic (exact) mass is 241 g/mol. The van der Waals surface area contributed by atoms with Crippen molar-refractivity contribution >= 4 is 0 Å². The molecule has 0 aromatic heterocycles. The van der Waals surface area contributed by atoms with Crippen LogP contribution in [0.15, 0.2) is 0 Å². The molecular weight excluding hydrogens is 210 g/mol. The second kappa shape index (κ2) is 5.27. The number of hydrogen-bond acceptors (Lipinski definition) is 2. The number of hydrogen-bond donors (Lipinski definition) is 2. The summed E-state index contributed by atoms with van der Waals surface area (Å²) in [7, 11) is 0. The van der Waals surface area contributed by atoms with E-state index in [0.29, 0.717) is 11.8 Å². The lowest BCUT2D eigenvalue weighted by molar-refractivity contribution is -0.0309. The highest BCUT2D eigenvalue weighted by atomic mass is 16.3. The molecule has 0 aliphatic carbocycles. The van der Waals surface area contributed by atoms with Crippen LogP contribution in [-0.4, -0.2) is 22.3 Å². The zero-order valence-electron chi connectivity index (χ0n) is 12.5. The first-order valence-electron chi connectivity index (χ1n) is 7.29. The van der Waals surface area contributed by atoms with Crippen LogP contribution in [0.2, 0.25) is 0 Å². The maximum atomic E-state index is 10.3. The molecule has 17 heavy (non-hydrogen) atoms. The molecule has 0 aromatic carbocycles. The summed E-state index contributed by atoms with van der Waals surface area (Å²) in [6, 6.07) is 0. The summed E-state index contributed by atoms with van der Waals surface area (Å²) in [6.45, 7) is 13.5. The van der Waals surface area contributed by atoms with E-state index in [9.17, 15) is 5.11 Å². The zero-order chi connectivity index (χ0) is 13.3. The Bertz CT molecular complexity index is 255. The summed E-state index contributed by atoms with van der Waals surface area (Å²) in [5.74, 6) is 0.957. The van der Waals surface area contributed by atoms with Gasteiger partial charge in [0, 0.05) is 11.1 Å². The number of piperidine rings is 1. The minimum atomic E-state index is -0.149. The highest BCUT2D eigenvalue weighted by Gasteiger charge is 2.47. The molecule has 5 unspecified atom stereocenters. The summed E-state index contributed by atoms with van der Waals surface area (Å²) < 4.78 is 0. The molecule has 1 heterocycles. The van der Waals surface area contributed by atoms with Gasteiger partial charge in [0.25, 0.3) is 0 Å². The van der Waals surface area contributed by atoms with Gasteiger partial charge in [-0.1, -0.05) is 27.7 Å². The van der Waals surface area contributed by atoms with Crippen molar-refractivity contribution < 1.29 is 5.11 Å². The number of rotatable bonds is 4. The Morgan fingerprint density at radius 1 is 1.24 bits per heavy atom. The maximum absolute atomic E-state index is 10.3. The van der Waals surface area contributed by atoms with Crippen LogP contribution in [0.3, 0.4) is 0 Å². The minimum Gasteiger partial charge on any atom is -0.393 e. The SMILES string of the molecule is CCC(O)C1CC(C)(CC)NC(C)(CC)C1C. The molecule has 5 atom stereocenters. The van der Waals surface area contributed by atoms with Gasteiger partial charge in [-0.2, -0.15) is 0 Å². The van der Waals surface area contributed by atoms with Crippen LogP contribution in [0.4, 0.5) is 0 Å². The molecule has 1 saturated heterocycles. The van der Waals surface area contributed by atoms with Crippen LogP contribution >= 0.6 is 0 Å². The quantitative estimate of drug-likeness (QED) is 0.791. The van der Waals surface area contributed by atoms with E-state index in [2.05, 4.69) is 46.9 Å². The molecule has 0 radical (unpaired) electrons. The van der Waals surface area contributed by atoms with Gasteiger partial charge in [-0.05, 0) is 51.4 Å². The van der Waals surface area contributed by atoms with Gasteiger partial charge in [-0.25, -0.2) is 0 Å². The molecular formula is C15H31NO. The number of aliphatic hydroxyl groups excluding tert-OH is 1. The Labute approximate surface area is 107 Å². The minimum absolute atomic E-state index is 0.149. The first-order chi connectivity index (χ1) is 7.82. The van der Waals surface area contributed by atoms with Gasteiger partial charge in [-0.15, -0.1) is 0 Å². The topological polar surface area (TPSA) is 32.3 Å². The second-order valence-electron chi connectivity index (χ2n) is 6.44. The molecule has 2 N–H and O–H groups in total. The van der Waals surface area contributed by atoms with E-state index in [1.54, 1.807) is 0 Å². The summed E-state index contributed by atoms with van der Waals surface area (Å²) in [5, 5.41) is 14.1. The molecule has 0 saturated carbocycles. The van der Waals surface area contributed by atoms with Crippen LogP contribution in [0.25, 0.3) is 0 Å². The molecule has 0 amide bonds. The van der Waals surface area contributed by atoms with E-state index < -0.39 is 0 Å². The molecule has 102 valence electrons. The van der Waals surface area contributed by atoms with Crippen LogP contribution in [0.5, 0.6) is 0 Å². The Hall–Kier alpha value is -0.0800. The van der Waals surface area contributed by atoms with Gasteiger partial charge >= 0.3 is 0 Å². The van der Waals surface area contributed by atoms with Crippen molar-refractivity contribution in [2.24, 2.45) is 11.8 Å². The van der Waals surface area contributed by atoms with Crippen molar-refractivity contribution in [2.75, 3.05) is 0 Å². The fourth-order valence-electron chi connectivity index (χ4n) is 3.44. The van der Waals surface area contributed by atoms with Crippen molar-refractivity contribution in [3.05, 3.63) is 0 Å². The highest BCUT2D eigenvalue weighted by Crippen LogP contribution is 2.42. The predicted molar refractivity (Wildman–Crippen MR) is 74.1 cm³/mol. The predicted octanol–water partition coefficient (Wildman–Crippen LogP) is 3.34. The lowest BCUT2D eigenvalue weighted by atomic mass is 9.64. The third-order valence-electron chi connectivity index (χ3n) is 5.35. The lowest BCUT2D eigenvalue weighted by Crippen LogP contribution is -2.65. The molecule has 0 aromatic rings. The summed E-state index contributed by atoms with van der Waals surface area (Å²) in [6.07, 6.45) is 4.06. The average Bonchev–Trinajstić information content (AvgIpc) is 2.33. The van der Waals surface area contributed by atoms with Crippen LogP contribution in [0.1, 0.15) is 67.2 Å². The summed E-state index contributed by atoms with van der Waals surface area (Å²) >= 11 is 0. The zero-order valence-corrected chi connectivity index (χ0v) is 12.5. The van der Waals surface area contributed by atoms with Crippen molar-refractivity contribution in [1.29, 1.82) is 0 Å². The molecule has 1 aliphatic rings. The first-order valence-corrected chi connectivity index (χ1v) is 7.29. The van der Waals surface area contributed by atoms with E-state index in [1.165, 1.54) is 0 Å². The molecule has 1 fully saturated rings. The van der Waals surface area contributed by atoms with E-state index in [4.69, 9.17) is 0 Å². The standard InChI is InChI=1S/C15H31NO/c1-7-13(17)12-10-14(5,8-2)16-15(6,9-3)11(12)4/h11-13,16-17H,7-10H2,1-6H3. The molecule has 1 rings (SSSR count).